The molecule has 2 N–H and O–H groups in total. The quantitative estimate of drug-likeness (QED) is 0.624. The number of ether oxygens (including phenoxy) is 1. The fourth-order valence-corrected chi connectivity index (χ4v) is 3.37. The van der Waals surface area contributed by atoms with Crippen LogP contribution in [0.4, 0.5) is 4.79 Å². The molecular weight excluding hydrogens is 388 g/mol. The lowest BCUT2D eigenvalue weighted by Crippen LogP contribution is -2.40. The number of halogens is 1. The number of carbonyl (C=O) groups excluding carboxylic acids is 1. The van der Waals surface area contributed by atoms with E-state index in [1.165, 1.54) is 0 Å². The zero-order valence-corrected chi connectivity index (χ0v) is 17.7. The van der Waals surface area contributed by atoms with Crippen LogP contribution in [0.5, 0.6) is 5.75 Å². The van der Waals surface area contributed by atoms with E-state index in [0.717, 1.165) is 28.3 Å². The highest BCUT2D eigenvalue weighted by Gasteiger charge is 2.22. The van der Waals surface area contributed by atoms with E-state index in [2.05, 4.69) is 15.6 Å². The third-order valence-electron chi connectivity index (χ3n) is 4.79. The van der Waals surface area contributed by atoms with E-state index in [9.17, 15) is 4.79 Å². The van der Waals surface area contributed by atoms with E-state index in [0.29, 0.717) is 5.02 Å². The molecule has 29 heavy (non-hydrogen) atoms. The fraction of sp³-hybridized carbons (Fsp3) is 0.273. The second kappa shape index (κ2) is 9.01. The van der Waals surface area contributed by atoms with Gasteiger partial charge in [-0.05, 0) is 37.6 Å². The predicted octanol–water partition coefficient (Wildman–Crippen LogP) is 4.54. The molecule has 1 aromatic heterocycles. The number of aryl methyl sites for hydroxylation is 2. The minimum absolute atomic E-state index is 0.239. The normalized spacial score (nSPS) is 12.9. The van der Waals surface area contributed by atoms with Crippen molar-refractivity contribution >= 4 is 17.6 Å². The minimum Gasteiger partial charge on any atom is -0.496 e. The summed E-state index contributed by atoms with van der Waals surface area (Å²) in [6, 6.07) is 12.3. The van der Waals surface area contributed by atoms with Crippen LogP contribution in [0.15, 0.2) is 54.9 Å². The first-order chi connectivity index (χ1) is 13.9. The van der Waals surface area contributed by atoms with E-state index < -0.39 is 6.04 Å². The maximum Gasteiger partial charge on any atom is 0.316 e. The number of amides is 2. The minimum atomic E-state index is -0.418. The molecule has 0 saturated heterocycles. The highest BCUT2D eigenvalue weighted by atomic mass is 35.5. The Morgan fingerprint density at radius 2 is 1.90 bits per heavy atom. The summed E-state index contributed by atoms with van der Waals surface area (Å²) < 4.78 is 7.32. The van der Waals surface area contributed by atoms with Gasteiger partial charge in [0.05, 0.1) is 13.2 Å². The van der Waals surface area contributed by atoms with Crippen LogP contribution in [-0.2, 0) is 7.05 Å². The zero-order chi connectivity index (χ0) is 21.0. The van der Waals surface area contributed by atoms with Gasteiger partial charge in [-0.2, -0.15) is 0 Å². The number of nitrogens with zero attached hydrogens (tertiary/aromatic N) is 2. The van der Waals surface area contributed by atoms with Crippen LogP contribution in [0.2, 0.25) is 5.02 Å². The molecule has 2 amide bonds. The second-order valence-corrected chi connectivity index (χ2v) is 7.40. The average Bonchev–Trinajstić information content (AvgIpc) is 3.12. The van der Waals surface area contributed by atoms with Gasteiger partial charge in [-0.1, -0.05) is 41.4 Å². The van der Waals surface area contributed by atoms with Gasteiger partial charge in [0.25, 0.3) is 0 Å². The first-order valence-corrected chi connectivity index (χ1v) is 9.71. The van der Waals surface area contributed by atoms with Crippen molar-refractivity contribution in [1.29, 1.82) is 0 Å². The highest BCUT2D eigenvalue weighted by molar-refractivity contribution is 6.30. The summed E-state index contributed by atoms with van der Waals surface area (Å²) in [5.41, 5.74) is 2.91. The molecule has 2 atom stereocenters. The van der Waals surface area contributed by atoms with Crippen molar-refractivity contribution in [3.05, 3.63) is 82.4 Å². The van der Waals surface area contributed by atoms with Crippen LogP contribution in [0.1, 0.15) is 41.5 Å². The molecule has 0 bridgehead atoms. The van der Waals surface area contributed by atoms with Crippen molar-refractivity contribution in [2.24, 2.45) is 7.05 Å². The zero-order valence-electron chi connectivity index (χ0n) is 16.9. The van der Waals surface area contributed by atoms with Gasteiger partial charge in [-0.15, -0.1) is 0 Å². The second-order valence-electron chi connectivity index (χ2n) is 6.97. The number of imidazole rings is 1. The standard InChI is InChI=1S/C22H25ClN4O2/c1-14-5-10-19(29-4)18(13-14)15(2)25-22(28)26-20(21-24-11-12-27(21)3)16-6-8-17(23)9-7-16/h5-13,15,20H,1-4H3,(H2,25,26,28)/t15-,20-/m1/s1. The average molecular weight is 413 g/mol. The molecular formula is C22H25ClN4O2. The fourth-order valence-electron chi connectivity index (χ4n) is 3.25. The van der Waals surface area contributed by atoms with Crippen LogP contribution in [0, 0.1) is 6.92 Å². The van der Waals surface area contributed by atoms with E-state index in [4.69, 9.17) is 16.3 Å². The lowest BCUT2D eigenvalue weighted by molar-refractivity contribution is 0.235. The van der Waals surface area contributed by atoms with Gasteiger partial charge in [0.1, 0.15) is 17.6 Å². The molecule has 0 aliphatic carbocycles. The van der Waals surface area contributed by atoms with Crippen molar-refractivity contribution in [1.82, 2.24) is 20.2 Å². The first kappa shape index (κ1) is 20.7. The smallest absolute Gasteiger partial charge is 0.316 e. The Morgan fingerprint density at radius 3 is 2.52 bits per heavy atom. The summed E-state index contributed by atoms with van der Waals surface area (Å²) >= 11 is 6.02. The van der Waals surface area contributed by atoms with Gasteiger partial charge in [-0.25, -0.2) is 9.78 Å². The van der Waals surface area contributed by atoms with Gasteiger partial charge in [0.2, 0.25) is 0 Å². The van der Waals surface area contributed by atoms with E-state index in [-0.39, 0.29) is 12.1 Å². The SMILES string of the molecule is COc1ccc(C)cc1[C@@H](C)NC(=O)N[C@H](c1ccc(Cl)cc1)c1nccn1C. The van der Waals surface area contributed by atoms with E-state index in [1.807, 2.05) is 62.0 Å². The van der Waals surface area contributed by atoms with E-state index >= 15 is 0 Å². The molecule has 0 fully saturated rings. The molecule has 1 heterocycles. The van der Waals surface area contributed by atoms with Crippen molar-refractivity contribution in [2.75, 3.05) is 7.11 Å². The number of benzene rings is 2. The molecule has 152 valence electrons. The highest BCUT2D eigenvalue weighted by Crippen LogP contribution is 2.27. The van der Waals surface area contributed by atoms with Crippen LogP contribution in [0.3, 0.4) is 0 Å². The lowest BCUT2D eigenvalue weighted by Gasteiger charge is -2.22. The summed E-state index contributed by atoms with van der Waals surface area (Å²) in [6.45, 7) is 3.93. The number of carbonyl (C=O) groups is 1. The number of urea groups is 1. The Bertz CT molecular complexity index is 985. The summed E-state index contributed by atoms with van der Waals surface area (Å²) in [5.74, 6) is 1.46. The molecule has 0 radical (unpaired) electrons. The van der Waals surface area contributed by atoms with Gasteiger partial charge < -0.3 is 19.9 Å². The maximum absolute atomic E-state index is 12.8. The molecule has 2 aromatic carbocycles. The van der Waals surface area contributed by atoms with Gasteiger partial charge >= 0.3 is 6.03 Å². The summed E-state index contributed by atoms with van der Waals surface area (Å²) in [4.78, 5) is 17.3. The van der Waals surface area contributed by atoms with Gasteiger partial charge in [-0.3, -0.25) is 0 Å². The van der Waals surface area contributed by atoms with E-state index in [1.54, 1.807) is 25.4 Å². The third-order valence-corrected chi connectivity index (χ3v) is 5.05. The van der Waals surface area contributed by atoms with Gasteiger partial charge in [0, 0.05) is 30.0 Å². The molecule has 6 nitrogen and oxygen atoms in total. The summed E-state index contributed by atoms with van der Waals surface area (Å²) in [7, 11) is 3.52. The van der Waals surface area contributed by atoms with Gasteiger partial charge in [0.15, 0.2) is 0 Å². The number of nitrogens with one attached hydrogen (secondary N) is 2. The van der Waals surface area contributed by atoms with Crippen LogP contribution < -0.4 is 15.4 Å². The van der Waals surface area contributed by atoms with Crippen molar-refractivity contribution < 1.29 is 9.53 Å². The Morgan fingerprint density at radius 1 is 1.17 bits per heavy atom. The molecule has 0 unspecified atom stereocenters. The molecule has 3 aromatic rings. The number of methoxy groups -OCH3 is 1. The Hall–Kier alpha value is -2.99. The predicted molar refractivity (Wildman–Crippen MR) is 114 cm³/mol. The monoisotopic (exact) mass is 412 g/mol. The number of aromatic nitrogens is 2. The maximum atomic E-state index is 12.8. The van der Waals surface area contributed by atoms with Crippen LogP contribution in [0.25, 0.3) is 0 Å². The third kappa shape index (κ3) is 4.90. The molecule has 7 heteroatoms. The van der Waals surface area contributed by atoms with Crippen LogP contribution >= 0.6 is 11.6 Å². The first-order valence-electron chi connectivity index (χ1n) is 9.33. The van der Waals surface area contributed by atoms with Crippen molar-refractivity contribution in [3.63, 3.8) is 0 Å². The summed E-state index contributed by atoms with van der Waals surface area (Å²) in [6.07, 6.45) is 3.55. The largest absolute Gasteiger partial charge is 0.496 e. The number of hydrogen-bond donors (Lipinski definition) is 2. The molecule has 0 aliphatic heterocycles. The lowest BCUT2D eigenvalue weighted by atomic mass is 10.0. The Kier molecular flexibility index (Phi) is 6.44. The number of rotatable bonds is 6. The van der Waals surface area contributed by atoms with Crippen molar-refractivity contribution in [2.45, 2.75) is 25.9 Å². The molecule has 0 aliphatic rings. The molecule has 0 saturated carbocycles. The number of hydrogen-bond acceptors (Lipinski definition) is 3. The Labute approximate surface area is 175 Å². The molecule has 0 spiro atoms. The topological polar surface area (TPSA) is 68.2 Å². The molecule has 3 rings (SSSR count). The summed E-state index contributed by atoms with van der Waals surface area (Å²) in [5, 5.41) is 6.67. The Balaban J connectivity index is 1.81. The van der Waals surface area contributed by atoms with Crippen molar-refractivity contribution in [3.8, 4) is 5.75 Å². The van der Waals surface area contributed by atoms with Crippen LogP contribution in [-0.4, -0.2) is 22.7 Å².